The van der Waals surface area contributed by atoms with Gasteiger partial charge in [-0.05, 0) is 29.8 Å². The van der Waals surface area contributed by atoms with E-state index < -0.39 is 5.97 Å². The van der Waals surface area contributed by atoms with Gasteiger partial charge in [0.15, 0.2) is 0 Å². The van der Waals surface area contributed by atoms with E-state index in [4.69, 9.17) is 5.26 Å². The molecule has 0 saturated carbocycles. The molecule has 2 rings (SSSR count). The Morgan fingerprint density at radius 3 is 2.79 bits per heavy atom. The summed E-state index contributed by atoms with van der Waals surface area (Å²) in [7, 11) is 0. The monoisotopic (exact) mass is 250 g/mol. The van der Waals surface area contributed by atoms with E-state index in [1.54, 1.807) is 42.6 Å². The van der Waals surface area contributed by atoms with Gasteiger partial charge in [0.2, 0.25) is 0 Å². The summed E-state index contributed by atoms with van der Waals surface area (Å²) in [5.74, 6) is -1.03. The first kappa shape index (κ1) is 12.5. The Balaban J connectivity index is 2.48. The number of carboxylic acids is 1. The molecule has 1 aromatic heterocycles. The quantitative estimate of drug-likeness (QED) is 0.849. The van der Waals surface area contributed by atoms with Crippen LogP contribution in [0.1, 0.15) is 16.7 Å². The maximum absolute atomic E-state index is 11.3. The number of hydrogen-bond donors (Lipinski definition) is 1. The van der Waals surface area contributed by atoms with Crippen molar-refractivity contribution in [3.63, 3.8) is 0 Å². The molecule has 0 fully saturated rings. The normalized spacial score (nSPS) is 10.8. The number of aromatic nitrogens is 1. The van der Waals surface area contributed by atoms with E-state index in [2.05, 4.69) is 4.98 Å². The molecule has 4 nitrogen and oxygen atoms in total. The fourth-order valence-corrected chi connectivity index (χ4v) is 1.66. The summed E-state index contributed by atoms with van der Waals surface area (Å²) in [5.41, 5.74) is 1.82. The number of carbonyl (C=O) groups is 1. The minimum atomic E-state index is -1.03. The second-order valence-electron chi connectivity index (χ2n) is 3.84. The average Bonchev–Trinajstić information content (AvgIpc) is 2.45. The fraction of sp³-hybridized carbons (Fsp3) is 0. The predicted octanol–water partition coefficient (Wildman–Crippen LogP) is 2.58. The van der Waals surface area contributed by atoms with E-state index in [-0.39, 0.29) is 5.57 Å². The van der Waals surface area contributed by atoms with Crippen LogP contribution in [0, 0.1) is 11.3 Å². The number of aliphatic carboxylic acids is 1. The molecule has 1 heterocycles. The number of rotatable bonds is 3. The van der Waals surface area contributed by atoms with Gasteiger partial charge < -0.3 is 5.11 Å². The Kier molecular flexibility index (Phi) is 3.70. The van der Waals surface area contributed by atoms with E-state index in [9.17, 15) is 9.90 Å². The average molecular weight is 250 g/mol. The van der Waals surface area contributed by atoms with Crippen molar-refractivity contribution in [3.8, 4) is 6.07 Å². The van der Waals surface area contributed by atoms with Crippen molar-refractivity contribution in [1.29, 1.82) is 5.26 Å². The van der Waals surface area contributed by atoms with Crippen LogP contribution in [0.4, 0.5) is 0 Å². The molecule has 2 aromatic rings. The summed E-state index contributed by atoms with van der Waals surface area (Å²) in [6, 6.07) is 12.2. The third-order valence-corrected chi connectivity index (χ3v) is 2.53. The summed E-state index contributed by atoms with van der Waals surface area (Å²) in [6.07, 6.45) is 4.60. The number of benzene rings is 1. The molecule has 0 atom stereocenters. The molecule has 0 bridgehead atoms. The van der Waals surface area contributed by atoms with Gasteiger partial charge in [0, 0.05) is 18.0 Å². The van der Waals surface area contributed by atoms with E-state index in [1.165, 1.54) is 12.3 Å². The van der Waals surface area contributed by atoms with E-state index in [1.807, 2.05) is 6.07 Å². The first-order valence-corrected chi connectivity index (χ1v) is 5.56. The highest BCUT2D eigenvalue weighted by molar-refractivity contribution is 6.20. The van der Waals surface area contributed by atoms with Crippen molar-refractivity contribution in [2.75, 3.05) is 0 Å². The molecule has 1 aromatic carbocycles. The van der Waals surface area contributed by atoms with Crippen LogP contribution in [0.2, 0.25) is 0 Å². The van der Waals surface area contributed by atoms with Crippen LogP contribution in [0.3, 0.4) is 0 Å². The summed E-state index contributed by atoms with van der Waals surface area (Å²) in [5, 5.41) is 18.1. The predicted molar refractivity (Wildman–Crippen MR) is 70.9 cm³/mol. The first-order chi connectivity index (χ1) is 9.20. The molecule has 19 heavy (non-hydrogen) atoms. The van der Waals surface area contributed by atoms with Gasteiger partial charge in [-0.2, -0.15) is 5.26 Å². The lowest BCUT2D eigenvalue weighted by Gasteiger charge is -2.02. The maximum atomic E-state index is 11.3. The lowest BCUT2D eigenvalue weighted by Crippen LogP contribution is -1.99. The zero-order valence-corrected chi connectivity index (χ0v) is 9.95. The number of nitrogens with zero attached hydrogens (tertiary/aromatic N) is 2. The maximum Gasteiger partial charge on any atom is 0.336 e. The van der Waals surface area contributed by atoms with Gasteiger partial charge >= 0.3 is 5.97 Å². The SMILES string of the molecule is N#Cc1cccc(/C=C(\C(=O)O)c2cccnc2)c1. The van der Waals surface area contributed by atoms with Crippen molar-refractivity contribution in [1.82, 2.24) is 4.98 Å². The molecular formula is C15H10N2O2. The fourth-order valence-electron chi connectivity index (χ4n) is 1.66. The Morgan fingerprint density at radius 2 is 2.16 bits per heavy atom. The molecule has 4 heteroatoms. The number of carboxylic acid groups (broad SMARTS) is 1. The highest BCUT2D eigenvalue weighted by atomic mass is 16.4. The zero-order chi connectivity index (χ0) is 13.7. The van der Waals surface area contributed by atoms with Crippen LogP contribution in [0.5, 0.6) is 0 Å². The van der Waals surface area contributed by atoms with Crippen LogP contribution in [-0.2, 0) is 4.79 Å². The van der Waals surface area contributed by atoms with Crippen molar-refractivity contribution in [2.45, 2.75) is 0 Å². The van der Waals surface area contributed by atoms with Crippen LogP contribution < -0.4 is 0 Å². The molecule has 0 aliphatic carbocycles. The Hall–Kier alpha value is -2.93. The van der Waals surface area contributed by atoms with Gasteiger partial charge in [0.1, 0.15) is 0 Å². The highest BCUT2D eigenvalue weighted by Crippen LogP contribution is 2.18. The van der Waals surface area contributed by atoms with Crippen molar-refractivity contribution in [3.05, 3.63) is 65.5 Å². The third kappa shape index (κ3) is 3.05. The van der Waals surface area contributed by atoms with E-state index >= 15 is 0 Å². The summed E-state index contributed by atoms with van der Waals surface area (Å²) in [6.45, 7) is 0. The van der Waals surface area contributed by atoms with Crippen molar-refractivity contribution in [2.24, 2.45) is 0 Å². The topological polar surface area (TPSA) is 74.0 Å². The minimum absolute atomic E-state index is 0.142. The molecule has 0 radical (unpaired) electrons. The second-order valence-corrected chi connectivity index (χ2v) is 3.84. The van der Waals surface area contributed by atoms with Gasteiger partial charge in [-0.1, -0.05) is 18.2 Å². The van der Waals surface area contributed by atoms with Crippen LogP contribution >= 0.6 is 0 Å². The molecule has 1 N–H and O–H groups in total. The first-order valence-electron chi connectivity index (χ1n) is 5.56. The second kappa shape index (κ2) is 5.61. The molecule has 0 saturated heterocycles. The molecule has 0 aliphatic rings. The minimum Gasteiger partial charge on any atom is -0.478 e. The van der Waals surface area contributed by atoms with Gasteiger partial charge in [0.05, 0.1) is 17.2 Å². The van der Waals surface area contributed by atoms with Gasteiger partial charge in [-0.15, -0.1) is 0 Å². The van der Waals surface area contributed by atoms with E-state index in [0.29, 0.717) is 16.7 Å². The van der Waals surface area contributed by atoms with Crippen molar-refractivity contribution < 1.29 is 9.90 Å². The third-order valence-electron chi connectivity index (χ3n) is 2.53. The summed E-state index contributed by atoms with van der Waals surface area (Å²) in [4.78, 5) is 15.2. The van der Waals surface area contributed by atoms with Gasteiger partial charge in [-0.3, -0.25) is 4.98 Å². The molecule has 0 aliphatic heterocycles. The van der Waals surface area contributed by atoms with Crippen LogP contribution in [0.25, 0.3) is 11.6 Å². The summed E-state index contributed by atoms with van der Waals surface area (Å²) < 4.78 is 0. The number of pyridine rings is 1. The molecule has 0 spiro atoms. The summed E-state index contributed by atoms with van der Waals surface area (Å²) >= 11 is 0. The van der Waals surface area contributed by atoms with Crippen molar-refractivity contribution >= 4 is 17.6 Å². The Bertz CT molecular complexity index is 670. The zero-order valence-electron chi connectivity index (χ0n) is 9.95. The smallest absolute Gasteiger partial charge is 0.336 e. The standard InChI is InChI=1S/C15H10N2O2/c16-9-12-4-1-3-11(7-12)8-14(15(18)19)13-5-2-6-17-10-13/h1-8,10H,(H,18,19)/b14-8-. The van der Waals surface area contributed by atoms with Crippen LogP contribution in [0.15, 0.2) is 48.8 Å². The molecule has 92 valence electrons. The van der Waals surface area contributed by atoms with E-state index in [0.717, 1.165) is 0 Å². The Morgan fingerprint density at radius 1 is 1.32 bits per heavy atom. The molecule has 0 unspecified atom stereocenters. The molecule has 0 amide bonds. The lowest BCUT2D eigenvalue weighted by molar-refractivity contribution is -0.130. The van der Waals surface area contributed by atoms with Crippen LogP contribution in [-0.4, -0.2) is 16.1 Å². The largest absolute Gasteiger partial charge is 0.478 e. The van der Waals surface area contributed by atoms with Gasteiger partial charge in [0.25, 0.3) is 0 Å². The molecular weight excluding hydrogens is 240 g/mol. The lowest BCUT2D eigenvalue weighted by atomic mass is 10.0. The number of hydrogen-bond acceptors (Lipinski definition) is 3. The van der Waals surface area contributed by atoms with Gasteiger partial charge in [-0.25, -0.2) is 4.79 Å². The number of nitriles is 1. The Labute approximate surface area is 110 Å². The highest BCUT2D eigenvalue weighted by Gasteiger charge is 2.10.